The zero-order chi connectivity index (χ0) is 11.9. The second-order valence-corrected chi connectivity index (χ2v) is 5.08. The van der Waals surface area contributed by atoms with E-state index in [4.69, 9.17) is 4.74 Å². The van der Waals surface area contributed by atoms with Crippen LogP contribution in [-0.2, 0) is 4.74 Å². The van der Waals surface area contributed by atoms with Gasteiger partial charge in [0, 0.05) is 6.54 Å². The molecule has 0 aromatic carbocycles. The van der Waals surface area contributed by atoms with Crippen molar-refractivity contribution in [2.24, 2.45) is 5.92 Å². The molecule has 0 aliphatic heterocycles. The van der Waals surface area contributed by atoms with E-state index in [1.807, 2.05) is 20.8 Å². The van der Waals surface area contributed by atoms with Crippen molar-refractivity contribution in [3.63, 3.8) is 0 Å². The van der Waals surface area contributed by atoms with Gasteiger partial charge in [-0.15, -0.1) is 0 Å². The lowest BCUT2D eigenvalue weighted by Crippen LogP contribution is -2.28. The molecule has 0 aromatic rings. The minimum absolute atomic E-state index is 0.156. The van der Waals surface area contributed by atoms with Crippen LogP contribution in [0.25, 0.3) is 0 Å². The summed E-state index contributed by atoms with van der Waals surface area (Å²) in [5.41, 5.74) is -0.156. The molecule has 0 bridgehead atoms. The summed E-state index contributed by atoms with van der Waals surface area (Å²) in [5, 5.41) is 3.26. The Morgan fingerprint density at radius 1 is 1.33 bits per heavy atom. The predicted molar refractivity (Wildman–Crippen MR) is 66.7 cm³/mol. The summed E-state index contributed by atoms with van der Waals surface area (Å²) < 4.78 is 5.61. The van der Waals surface area contributed by atoms with Crippen LogP contribution in [0.4, 0.5) is 0 Å². The Hall–Kier alpha value is -0.660. The van der Waals surface area contributed by atoms with Crippen molar-refractivity contribution in [1.29, 1.82) is 0 Å². The molecule has 0 aromatic heterocycles. The Bertz CT molecular complexity index is 181. The van der Waals surface area contributed by atoms with E-state index in [2.05, 4.69) is 25.7 Å². The molecule has 0 amide bonds. The molecular formula is C13H27NO. The van der Waals surface area contributed by atoms with Gasteiger partial charge in [0.05, 0.1) is 0 Å². The van der Waals surface area contributed by atoms with Crippen LogP contribution in [0.15, 0.2) is 12.5 Å². The summed E-state index contributed by atoms with van der Waals surface area (Å²) >= 11 is 0. The maximum atomic E-state index is 5.61. The van der Waals surface area contributed by atoms with Crippen molar-refractivity contribution in [2.75, 3.05) is 6.54 Å². The Kier molecular flexibility index (Phi) is 6.46. The van der Waals surface area contributed by atoms with Crippen molar-refractivity contribution >= 4 is 0 Å². The molecule has 0 rings (SSSR count). The van der Waals surface area contributed by atoms with Gasteiger partial charge in [-0.1, -0.05) is 26.7 Å². The maximum absolute atomic E-state index is 5.61. The molecule has 0 heterocycles. The molecule has 2 heteroatoms. The van der Waals surface area contributed by atoms with Gasteiger partial charge in [0.2, 0.25) is 0 Å². The van der Waals surface area contributed by atoms with Crippen molar-refractivity contribution in [2.45, 2.75) is 59.5 Å². The third kappa shape index (κ3) is 8.34. The molecule has 2 nitrogen and oxygen atoms in total. The first-order chi connectivity index (χ1) is 6.89. The average Bonchev–Trinajstić information content (AvgIpc) is 2.09. The fraction of sp³-hybridized carbons (Fsp3) is 0.846. The zero-order valence-electron chi connectivity index (χ0n) is 11.0. The van der Waals surface area contributed by atoms with Gasteiger partial charge in [-0.3, -0.25) is 0 Å². The van der Waals surface area contributed by atoms with Gasteiger partial charge in [0.15, 0.2) is 5.88 Å². The summed E-state index contributed by atoms with van der Waals surface area (Å²) in [7, 11) is 0. The van der Waals surface area contributed by atoms with E-state index < -0.39 is 0 Å². The van der Waals surface area contributed by atoms with Crippen molar-refractivity contribution in [1.82, 2.24) is 5.32 Å². The van der Waals surface area contributed by atoms with Crippen LogP contribution in [0.1, 0.15) is 53.9 Å². The number of nitrogens with one attached hydrogen (secondary N) is 1. The maximum Gasteiger partial charge on any atom is 0.179 e. The molecule has 0 fully saturated rings. The minimum Gasteiger partial charge on any atom is -0.474 e. The summed E-state index contributed by atoms with van der Waals surface area (Å²) in [6, 6.07) is 0. The molecule has 0 aliphatic carbocycles. The SMILES string of the molecule is C=C(NCC(CC)CCC)OC(C)(C)C. The highest BCUT2D eigenvalue weighted by atomic mass is 16.5. The third-order valence-corrected chi connectivity index (χ3v) is 2.29. The number of ether oxygens (including phenoxy) is 1. The largest absolute Gasteiger partial charge is 0.474 e. The van der Waals surface area contributed by atoms with E-state index in [0.29, 0.717) is 5.88 Å². The van der Waals surface area contributed by atoms with E-state index in [9.17, 15) is 0 Å². The summed E-state index contributed by atoms with van der Waals surface area (Å²) in [6.07, 6.45) is 3.72. The molecule has 1 atom stereocenters. The van der Waals surface area contributed by atoms with Gasteiger partial charge in [0.25, 0.3) is 0 Å². The van der Waals surface area contributed by atoms with Gasteiger partial charge < -0.3 is 10.1 Å². The summed E-state index contributed by atoms with van der Waals surface area (Å²) in [6.45, 7) is 15.4. The Morgan fingerprint density at radius 2 is 1.93 bits per heavy atom. The molecule has 15 heavy (non-hydrogen) atoms. The van der Waals surface area contributed by atoms with Crippen LogP contribution in [-0.4, -0.2) is 12.1 Å². The van der Waals surface area contributed by atoms with Crippen molar-refractivity contribution < 1.29 is 4.74 Å². The Labute approximate surface area is 95.1 Å². The van der Waals surface area contributed by atoms with Crippen LogP contribution in [0.3, 0.4) is 0 Å². The van der Waals surface area contributed by atoms with Gasteiger partial charge in [-0.05, 0) is 39.7 Å². The quantitative estimate of drug-likeness (QED) is 0.651. The highest BCUT2D eigenvalue weighted by Gasteiger charge is 2.13. The Morgan fingerprint density at radius 3 is 2.33 bits per heavy atom. The molecule has 0 saturated carbocycles. The lowest BCUT2D eigenvalue weighted by molar-refractivity contribution is 0.0403. The van der Waals surface area contributed by atoms with Crippen molar-refractivity contribution in [3.8, 4) is 0 Å². The highest BCUT2D eigenvalue weighted by Crippen LogP contribution is 2.13. The average molecular weight is 213 g/mol. The van der Waals surface area contributed by atoms with Gasteiger partial charge in [-0.25, -0.2) is 0 Å². The standard InChI is InChI=1S/C13H27NO/c1-7-9-12(8-2)10-14-11(3)15-13(4,5)6/h12,14H,3,7-10H2,1-2,4-6H3. The van der Waals surface area contributed by atoms with Gasteiger partial charge in [-0.2, -0.15) is 0 Å². The first-order valence-corrected chi connectivity index (χ1v) is 6.00. The van der Waals surface area contributed by atoms with Crippen molar-refractivity contribution in [3.05, 3.63) is 12.5 Å². The van der Waals surface area contributed by atoms with Gasteiger partial charge >= 0.3 is 0 Å². The monoisotopic (exact) mass is 213 g/mol. The fourth-order valence-electron chi connectivity index (χ4n) is 1.52. The number of rotatable bonds is 7. The van der Waals surface area contributed by atoms with Crippen LogP contribution >= 0.6 is 0 Å². The summed E-state index contributed by atoms with van der Waals surface area (Å²) in [5.74, 6) is 1.42. The zero-order valence-corrected chi connectivity index (χ0v) is 11.0. The van der Waals surface area contributed by atoms with Crippen LogP contribution < -0.4 is 5.32 Å². The van der Waals surface area contributed by atoms with Crippen LogP contribution in [0.2, 0.25) is 0 Å². The number of hydrogen-bond acceptors (Lipinski definition) is 2. The molecular weight excluding hydrogens is 186 g/mol. The molecule has 90 valence electrons. The van der Waals surface area contributed by atoms with Crippen LogP contribution in [0.5, 0.6) is 0 Å². The smallest absolute Gasteiger partial charge is 0.179 e. The lowest BCUT2D eigenvalue weighted by atomic mass is 10.0. The van der Waals surface area contributed by atoms with Gasteiger partial charge in [0.1, 0.15) is 5.60 Å². The third-order valence-electron chi connectivity index (χ3n) is 2.29. The molecule has 0 spiro atoms. The van der Waals surface area contributed by atoms with E-state index in [1.54, 1.807) is 0 Å². The molecule has 0 saturated heterocycles. The van der Waals surface area contributed by atoms with E-state index >= 15 is 0 Å². The second-order valence-electron chi connectivity index (χ2n) is 5.08. The molecule has 1 N–H and O–H groups in total. The fourth-order valence-corrected chi connectivity index (χ4v) is 1.52. The second kappa shape index (κ2) is 6.76. The number of hydrogen-bond donors (Lipinski definition) is 1. The van der Waals surface area contributed by atoms with E-state index in [1.165, 1.54) is 19.3 Å². The first kappa shape index (κ1) is 14.3. The summed E-state index contributed by atoms with van der Waals surface area (Å²) in [4.78, 5) is 0. The lowest BCUT2D eigenvalue weighted by Gasteiger charge is -2.24. The predicted octanol–water partition coefficient (Wildman–Crippen LogP) is 3.69. The highest BCUT2D eigenvalue weighted by molar-refractivity contribution is 4.83. The molecule has 0 aliphatic rings. The molecule has 1 unspecified atom stereocenters. The van der Waals surface area contributed by atoms with E-state index in [-0.39, 0.29) is 5.60 Å². The Balaban J connectivity index is 3.78. The minimum atomic E-state index is -0.156. The van der Waals surface area contributed by atoms with E-state index in [0.717, 1.165) is 12.5 Å². The normalized spacial score (nSPS) is 13.4. The topological polar surface area (TPSA) is 21.3 Å². The molecule has 0 radical (unpaired) electrons. The van der Waals surface area contributed by atoms with Crippen LogP contribution in [0, 0.1) is 5.92 Å². The first-order valence-electron chi connectivity index (χ1n) is 6.00.